The van der Waals surface area contributed by atoms with Crippen LogP contribution in [0.4, 0.5) is 13.6 Å². The number of alkyl halides is 2. The number of pyridine rings is 1. The maximum atomic E-state index is 13.3. The monoisotopic (exact) mass is 578 g/mol. The van der Waals surface area contributed by atoms with Gasteiger partial charge < -0.3 is 18.9 Å². The molecule has 8 nitrogen and oxygen atoms in total. The SMILES string of the molecule is COc1cc(C(Cc2c(Cl)cncc2Cl)OC(=O)[C@@H]2SCCN2C(=O)OC(C)(C)C)ccc1OC(F)F. The van der Waals surface area contributed by atoms with Gasteiger partial charge in [0.05, 0.1) is 17.2 Å². The van der Waals surface area contributed by atoms with Gasteiger partial charge in [0, 0.05) is 31.1 Å². The number of hydrogen-bond acceptors (Lipinski definition) is 8. The van der Waals surface area contributed by atoms with Crippen molar-refractivity contribution in [1.82, 2.24) is 9.88 Å². The molecule has 2 atom stereocenters. The van der Waals surface area contributed by atoms with Gasteiger partial charge in [-0.25, -0.2) is 9.59 Å². The van der Waals surface area contributed by atoms with Crippen LogP contribution in [0.1, 0.15) is 38.0 Å². The quantitative estimate of drug-likeness (QED) is 0.345. The van der Waals surface area contributed by atoms with E-state index in [-0.39, 0.29) is 28.0 Å². The number of thioether (sulfide) groups is 1. The minimum Gasteiger partial charge on any atom is -0.493 e. The summed E-state index contributed by atoms with van der Waals surface area (Å²) < 4.78 is 46.6. The first kappa shape index (κ1) is 29.1. The molecule has 1 saturated heterocycles. The predicted octanol–water partition coefficient (Wildman–Crippen LogP) is 6.14. The Bertz CT molecular complexity index is 1110. The molecular formula is C24H26Cl2F2N2O6S. The van der Waals surface area contributed by atoms with Crippen LogP contribution in [0, 0.1) is 0 Å². The van der Waals surface area contributed by atoms with Crippen molar-refractivity contribution in [3.05, 3.63) is 51.8 Å². The van der Waals surface area contributed by atoms with E-state index in [4.69, 9.17) is 37.4 Å². The molecule has 1 aliphatic heterocycles. The molecule has 1 aromatic heterocycles. The van der Waals surface area contributed by atoms with Crippen molar-refractivity contribution in [2.45, 2.75) is 50.9 Å². The van der Waals surface area contributed by atoms with Crippen LogP contribution in [0.3, 0.4) is 0 Å². The van der Waals surface area contributed by atoms with E-state index in [9.17, 15) is 18.4 Å². The lowest BCUT2D eigenvalue weighted by Crippen LogP contribution is -2.43. The van der Waals surface area contributed by atoms with Crippen LogP contribution in [0.25, 0.3) is 0 Å². The Morgan fingerprint density at radius 3 is 2.46 bits per heavy atom. The molecule has 2 heterocycles. The Morgan fingerprint density at radius 2 is 1.86 bits per heavy atom. The summed E-state index contributed by atoms with van der Waals surface area (Å²) >= 11 is 13.8. The van der Waals surface area contributed by atoms with E-state index in [1.807, 2.05) is 0 Å². The van der Waals surface area contributed by atoms with Crippen LogP contribution in [-0.4, -0.2) is 58.9 Å². The highest BCUT2D eigenvalue weighted by Crippen LogP contribution is 2.37. The number of benzene rings is 1. The summed E-state index contributed by atoms with van der Waals surface area (Å²) in [4.78, 5) is 31.2. The highest BCUT2D eigenvalue weighted by atomic mass is 35.5. The first-order valence-electron chi connectivity index (χ1n) is 11.1. The molecule has 1 fully saturated rings. The van der Waals surface area contributed by atoms with Gasteiger partial charge in [-0.1, -0.05) is 29.3 Å². The lowest BCUT2D eigenvalue weighted by atomic mass is 10.0. The largest absolute Gasteiger partial charge is 0.493 e. The molecule has 202 valence electrons. The van der Waals surface area contributed by atoms with Crippen LogP contribution in [0.2, 0.25) is 10.0 Å². The third-order valence-corrected chi connectivity index (χ3v) is 6.93. The van der Waals surface area contributed by atoms with E-state index in [1.54, 1.807) is 20.8 Å². The van der Waals surface area contributed by atoms with Gasteiger partial charge >= 0.3 is 18.7 Å². The Labute approximate surface area is 227 Å². The fraction of sp³-hybridized carbons (Fsp3) is 0.458. The standard InChI is InChI=1S/C24H26Cl2F2N2O6S/c1-24(2,3)36-23(32)30-7-8-37-20(30)21(31)34-18(10-14-15(25)11-29-12-16(14)26)13-5-6-17(35-22(27)28)19(9-13)33-4/h5-6,9,11-12,18,20,22H,7-8,10H2,1-4H3/t18?,20-/m0/s1. The maximum Gasteiger partial charge on any atom is 0.411 e. The van der Waals surface area contributed by atoms with Gasteiger partial charge in [0.2, 0.25) is 0 Å². The number of carbonyl (C=O) groups excluding carboxylic acids is 2. The molecule has 1 aromatic carbocycles. The molecule has 0 bridgehead atoms. The molecule has 0 aliphatic carbocycles. The van der Waals surface area contributed by atoms with E-state index in [0.717, 1.165) is 0 Å². The van der Waals surface area contributed by atoms with Crippen molar-refractivity contribution < 1.29 is 37.3 Å². The smallest absolute Gasteiger partial charge is 0.411 e. The summed E-state index contributed by atoms with van der Waals surface area (Å²) in [5.74, 6) is -0.351. The number of halogens is 4. The number of aromatic nitrogens is 1. The lowest BCUT2D eigenvalue weighted by molar-refractivity contribution is -0.151. The number of esters is 1. The average molecular weight is 579 g/mol. The molecule has 0 N–H and O–H groups in total. The summed E-state index contributed by atoms with van der Waals surface area (Å²) in [6.07, 6.45) is 1.23. The van der Waals surface area contributed by atoms with Gasteiger partial charge in [-0.3, -0.25) is 9.88 Å². The van der Waals surface area contributed by atoms with Crippen LogP contribution in [0.15, 0.2) is 30.6 Å². The molecule has 0 radical (unpaired) electrons. The Kier molecular flexibility index (Phi) is 9.71. The minimum absolute atomic E-state index is 0.0106. The maximum absolute atomic E-state index is 13.3. The summed E-state index contributed by atoms with van der Waals surface area (Å²) in [5, 5.41) is -0.434. The van der Waals surface area contributed by atoms with E-state index < -0.39 is 35.8 Å². The molecule has 1 amide bonds. The second-order valence-corrected chi connectivity index (χ2v) is 10.9. The van der Waals surface area contributed by atoms with Crippen molar-refractivity contribution in [3.8, 4) is 11.5 Å². The molecular weight excluding hydrogens is 553 g/mol. The number of amides is 1. The molecule has 2 aromatic rings. The van der Waals surface area contributed by atoms with E-state index in [2.05, 4.69) is 9.72 Å². The van der Waals surface area contributed by atoms with Crippen LogP contribution >= 0.6 is 35.0 Å². The summed E-state index contributed by atoms with van der Waals surface area (Å²) in [6, 6.07) is 4.18. The number of hydrogen-bond donors (Lipinski definition) is 0. The Hall–Kier alpha value is -2.50. The highest BCUT2D eigenvalue weighted by Gasteiger charge is 2.39. The number of nitrogens with zero attached hydrogens (tertiary/aromatic N) is 2. The van der Waals surface area contributed by atoms with Crippen LogP contribution in [-0.2, 0) is 20.7 Å². The third-order valence-electron chi connectivity index (χ3n) is 5.10. The third kappa shape index (κ3) is 7.75. The number of ether oxygens (including phenoxy) is 4. The fourth-order valence-electron chi connectivity index (χ4n) is 3.50. The second kappa shape index (κ2) is 12.4. The molecule has 37 heavy (non-hydrogen) atoms. The van der Waals surface area contributed by atoms with Crippen LogP contribution in [0.5, 0.6) is 11.5 Å². The number of rotatable bonds is 8. The van der Waals surface area contributed by atoms with Crippen molar-refractivity contribution in [2.24, 2.45) is 0 Å². The normalized spacial score (nSPS) is 16.5. The topological polar surface area (TPSA) is 87.2 Å². The average Bonchev–Trinajstić information content (AvgIpc) is 3.30. The molecule has 0 saturated carbocycles. The van der Waals surface area contributed by atoms with E-state index in [1.165, 1.54) is 54.4 Å². The fourth-order valence-corrected chi connectivity index (χ4v) is 5.10. The molecule has 3 rings (SSSR count). The van der Waals surface area contributed by atoms with Crippen molar-refractivity contribution >= 4 is 47.0 Å². The molecule has 1 aliphatic rings. The van der Waals surface area contributed by atoms with Gasteiger partial charge in [-0.15, -0.1) is 11.8 Å². The Balaban J connectivity index is 1.92. The van der Waals surface area contributed by atoms with E-state index >= 15 is 0 Å². The zero-order chi connectivity index (χ0) is 27.3. The molecule has 13 heteroatoms. The predicted molar refractivity (Wildman–Crippen MR) is 136 cm³/mol. The lowest BCUT2D eigenvalue weighted by Gasteiger charge is -2.28. The van der Waals surface area contributed by atoms with Crippen molar-refractivity contribution in [1.29, 1.82) is 0 Å². The number of carbonyl (C=O) groups is 2. The van der Waals surface area contributed by atoms with Crippen LogP contribution < -0.4 is 9.47 Å². The number of methoxy groups -OCH3 is 1. The second-order valence-electron chi connectivity index (χ2n) is 8.90. The molecule has 0 spiro atoms. The zero-order valence-corrected chi connectivity index (χ0v) is 22.8. The van der Waals surface area contributed by atoms with E-state index in [0.29, 0.717) is 23.4 Å². The first-order valence-corrected chi connectivity index (χ1v) is 12.9. The Morgan fingerprint density at radius 1 is 1.19 bits per heavy atom. The highest BCUT2D eigenvalue weighted by molar-refractivity contribution is 8.00. The van der Waals surface area contributed by atoms with Crippen molar-refractivity contribution in [2.75, 3.05) is 19.4 Å². The first-order chi connectivity index (χ1) is 17.4. The zero-order valence-electron chi connectivity index (χ0n) is 20.5. The summed E-state index contributed by atoms with van der Waals surface area (Å²) in [5.41, 5.74) is 0.128. The van der Waals surface area contributed by atoms with Gasteiger partial charge in [-0.05, 0) is 44.0 Å². The summed E-state index contributed by atoms with van der Waals surface area (Å²) in [6.45, 7) is 2.44. The molecule has 1 unspecified atom stereocenters. The van der Waals surface area contributed by atoms with Crippen molar-refractivity contribution in [3.63, 3.8) is 0 Å². The van der Waals surface area contributed by atoms with Gasteiger partial charge in [-0.2, -0.15) is 8.78 Å². The van der Waals surface area contributed by atoms with Gasteiger partial charge in [0.1, 0.15) is 11.7 Å². The minimum atomic E-state index is -3.05. The van der Waals surface area contributed by atoms with Gasteiger partial charge in [0.25, 0.3) is 0 Å². The van der Waals surface area contributed by atoms with Gasteiger partial charge in [0.15, 0.2) is 16.9 Å². The summed E-state index contributed by atoms with van der Waals surface area (Å²) in [7, 11) is 1.29.